The number of nitrogens with one attached hydrogen (secondary N) is 1. The molecule has 0 aliphatic carbocycles. The van der Waals surface area contributed by atoms with Crippen molar-refractivity contribution in [1.82, 2.24) is 4.98 Å². The molecule has 0 bridgehead atoms. The van der Waals surface area contributed by atoms with Gasteiger partial charge in [0.1, 0.15) is 11.4 Å². The number of carbonyl (C=O) groups excluding carboxylic acids is 2. The van der Waals surface area contributed by atoms with Gasteiger partial charge in [0.25, 0.3) is 5.91 Å². The van der Waals surface area contributed by atoms with Crippen LogP contribution in [0.4, 0.5) is 5.13 Å². The van der Waals surface area contributed by atoms with Gasteiger partial charge in [0.05, 0.1) is 0 Å². The van der Waals surface area contributed by atoms with Gasteiger partial charge in [-0.25, -0.2) is 4.98 Å². The molecule has 0 radical (unpaired) electrons. The van der Waals surface area contributed by atoms with Gasteiger partial charge in [-0.15, -0.1) is 11.3 Å². The molecular formula is C16H18N2O3S. The fourth-order valence-corrected chi connectivity index (χ4v) is 2.95. The Hall–Kier alpha value is -2.21. The Kier molecular flexibility index (Phi) is 4.92. The quantitative estimate of drug-likeness (QED) is 0.859. The number of hydrogen-bond acceptors (Lipinski definition) is 5. The highest BCUT2D eigenvalue weighted by Crippen LogP contribution is 2.24. The SMILES string of the molecule is CC(=O)c1csc(NC(=O)COc2c(C)cc(C)cc2C)n1. The van der Waals surface area contributed by atoms with Crippen molar-refractivity contribution in [3.05, 3.63) is 39.9 Å². The van der Waals surface area contributed by atoms with Crippen LogP contribution in [0, 0.1) is 20.8 Å². The van der Waals surface area contributed by atoms with Gasteiger partial charge >= 0.3 is 0 Å². The standard InChI is InChI=1S/C16H18N2O3S/c1-9-5-10(2)15(11(3)6-9)21-7-14(20)18-16-17-13(8-22-16)12(4)19/h5-6,8H,7H2,1-4H3,(H,17,18,20). The summed E-state index contributed by atoms with van der Waals surface area (Å²) < 4.78 is 5.61. The summed E-state index contributed by atoms with van der Waals surface area (Å²) in [4.78, 5) is 27.1. The first-order valence-corrected chi connectivity index (χ1v) is 7.71. The van der Waals surface area contributed by atoms with E-state index in [0.29, 0.717) is 10.8 Å². The van der Waals surface area contributed by atoms with E-state index in [-0.39, 0.29) is 18.3 Å². The maximum atomic E-state index is 11.9. The van der Waals surface area contributed by atoms with Crippen LogP contribution in [0.5, 0.6) is 5.75 Å². The van der Waals surface area contributed by atoms with Gasteiger partial charge in [-0.05, 0) is 31.9 Å². The number of nitrogens with zero attached hydrogens (tertiary/aromatic N) is 1. The van der Waals surface area contributed by atoms with Crippen LogP contribution >= 0.6 is 11.3 Å². The number of anilines is 1. The molecule has 0 unspecified atom stereocenters. The normalized spacial score (nSPS) is 10.4. The maximum absolute atomic E-state index is 11.9. The molecule has 0 spiro atoms. The topological polar surface area (TPSA) is 68.3 Å². The summed E-state index contributed by atoms with van der Waals surface area (Å²) in [6, 6.07) is 4.03. The van der Waals surface area contributed by atoms with Crippen LogP contribution in [-0.4, -0.2) is 23.3 Å². The van der Waals surface area contributed by atoms with Crippen molar-refractivity contribution >= 4 is 28.2 Å². The zero-order valence-corrected chi connectivity index (χ0v) is 13.8. The number of ketones is 1. The highest BCUT2D eigenvalue weighted by atomic mass is 32.1. The van der Waals surface area contributed by atoms with E-state index in [1.54, 1.807) is 5.38 Å². The lowest BCUT2D eigenvalue weighted by Gasteiger charge is -2.12. The molecule has 0 saturated heterocycles. The molecule has 1 amide bonds. The number of ether oxygens (including phenoxy) is 1. The number of aromatic nitrogens is 1. The lowest BCUT2D eigenvalue weighted by molar-refractivity contribution is -0.118. The van der Waals surface area contributed by atoms with Crippen molar-refractivity contribution in [2.75, 3.05) is 11.9 Å². The fourth-order valence-electron chi connectivity index (χ4n) is 2.18. The molecule has 1 aromatic heterocycles. The summed E-state index contributed by atoms with van der Waals surface area (Å²) in [7, 11) is 0. The Morgan fingerprint density at radius 2 is 1.86 bits per heavy atom. The first-order valence-electron chi connectivity index (χ1n) is 6.84. The summed E-state index contributed by atoms with van der Waals surface area (Å²) in [5, 5.41) is 4.65. The van der Waals surface area contributed by atoms with Gasteiger partial charge in [-0.2, -0.15) is 0 Å². The van der Waals surface area contributed by atoms with E-state index >= 15 is 0 Å². The highest BCUT2D eigenvalue weighted by Gasteiger charge is 2.11. The predicted molar refractivity (Wildman–Crippen MR) is 86.9 cm³/mol. The summed E-state index contributed by atoms with van der Waals surface area (Å²) in [6.45, 7) is 7.26. The van der Waals surface area contributed by atoms with Crippen LogP contribution in [0.25, 0.3) is 0 Å². The zero-order chi connectivity index (χ0) is 16.3. The summed E-state index contributed by atoms with van der Waals surface area (Å²) in [5.74, 6) is 0.298. The number of thiazole rings is 1. The average Bonchev–Trinajstić information content (AvgIpc) is 2.86. The molecule has 1 aromatic carbocycles. The molecule has 0 aliphatic rings. The van der Waals surface area contributed by atoms with Gasteiger partial charge in [-0.3, -0.25) is 14.9 Å². The van der Waals surface area contributed by atoms with Crippen LogP contribution < -0.4 is 10.1 Å². The van der Waals surface area contributed by atoms with Crippen molar-refractivity contribution < 1.29 is 14.3 Å². The van der Waals surface area contributed by atoms with E-state index < -0.39 is 0 Å². The van der Waals surface area contributed by atoms with Gasteiger partial charge in [0.2, 0.25) is 0 Å². The molecule has 0 saturated carbocycles. The number of carbonyl (C=O) groups is 2. The third kappa shape index (κ3) is 3.92. The first kappa shape index (κ1) is 16.2. The van der Waals surface area contributed by atoms with E-state index in [4.69, 9.17) is 4.74 Å². The van der Waals surface area contributed by atoms with E-state index in [9.17, 15) is 9.59 Å². The highest BCUT2D eigenvalue weighted by molar-refractivity contribution is 7.14. The summed E-state index contributed by atoms with van der Waals surface area (Å²) in [5.41, 5.74) is 3.51. The van der Waals surface area contributed by atoms with Crippen LogP contribution in [0.2, 0.25) is 0 Å². The monoisotopic (exact) mass is 318 g/mol. The van der Waals surface area contributed by atoms with Gasteiger partial charge < -0.3 is 4.74 Å². The molecule has 0 atom stereocenters. The molecule has 6 heteroatoms. The lowest BCUT2D eigenvalue weighted by atomic mass is 10.1. The predicted octanol–water partition coefficient (Wildman–Crippen LogP) is 3.29. The molecule has 22 heavy (non-hydrogen) atoms. The minimum Gasteiger partial charge on any atom is -0.483 e. The minimum absolute atomic E-state index is 0.0975. The number of hydrogen-bond donors (Lipinski definition) is 1. The zero-order valence-electron chi connectivity index (χ0n) is 13.0. The number of amides is 1. The molecule has 5 nitrogen and oxygen atoms in total. The second-order valence-corrected chi connectivity index (χ2v) is 6.02. The number of rotatable bonds is 5. The van der Waals surface area contributed by atoms with Crippen LogP contribution in [0.15, 0.2) is 17.5 Å². The van der Waals surface area contributed by atoms with E-state index in [0.717, 1.165) is 22.4 Å². The molecule has 1 N–H and O–H groups in total. The van der Waals surface area contributed by atoms with Crippen molar-refractivity contribution in [2.24, 2.45) is 0 Å². The summed E-state index contributed by atoms with van der Waals surface area (Å²) in [6.07, 6.45) is 0. The van der Waals surface area contributed by atoms with E-state index in [1.807, 2.05) is 32.9 Å². The third-order valence-electron chi connectivity index (χ3n) is 3.06. The van der Waals surface area contributed by atoms with Gasteiger partial charge in [0, 0.05) is 12.3 Å². The average molecular weight is 318 g/mol. The Bertz CT molecular complexity index is 699. The smallest absolute Gasteiger partial charge is 0.264 e. The minimum atomic E-state index is -0.302. The Labute approximate surface area is 133 Å². The largest absolute Gasteiger partial charge is 0.483 e. The molecule has 0 aliphatic heterocycles. The van der Waals surface area contributed by atoms with Crippen molar-refractivity contribution in [2.45, 2.75) is 27.7 Å². The fraction of sp³-hybridized carbons (Fsp3) is 0.312. The lowest BCUT2D eigenvalue weighted by Crippen LogP contribution is -2.20. The van der Waals surface area contributed by atoms with Crippen LogP contribution in [-0.2, 0) is 4.79 Å². The molecule has 2 rings (SSSR count). The first-order chi connectivity index (χ1) is 10.4. The second kappa shape index (κ2) is 6.70. The molecule has 1 heterocycles. The van der Waals surface area contributed by atoms with E-state index in [1.165, 1.54) is 18.3 Å². The molecule has 0 fully saturated rings. The van der Waals surface area contributed by atoms with Crippen molar-refractivity contribution in [3.63, 3.8) is 0 Å². The molecule has 116 valence electrons. The van der Waals surface area contributed by atoms with Crippen LogP contribution in [0.1, 0.15) is 34.1 Å². The Morgan fingerprint density at radius 3 is 2.41 bits per heavy atom. The number of benzene rings is 1. The van der Waals surface area contributed by atoms with Gasteiger partial charge in [-0.1, -0.05) is 17.7 Å². The third-order valence-corrected chi connectivity index (χ3v) is 3.82. The Balaban J connectivity index is 1.97. The molecule has 2 aromatic rings. The summed E-state index contributed by atoms with van der Waals surface area (Å²) >= 11 is 1.22. The van der Waals surface area contributed by atoms with Crippen molar-refractivity contribution in [3.8, 4) is 5.75 Å². The maximum Gasteiger partial charge on any atom is 0.264 e. The van der Waals surface area contributed by atoms with Crippen molar-refractivity contribution in [1.29, 1.82) is 0 Å². The number of Topliss-reactive ketones (excluding diaryl/α,β-unsaturated/α-hetero) is 1. The van der Waals surface area contributed by atoms with E-state index in [2.05, 4.69) is 10.3 Å². The second-order valence-electron chi connectivity index (χ2n) is 5.16. The van der Waals surface area contributed by atoms with Gasteiger partial charge in [0.15, 0.2) is 17.5 Å². The molecular weight excluding hydrogens is 300 g/mol. The van der Waals surface area contributed by atoms with Crippen LogP contribution in [0.3, 0.4) is 0 Å². The number of aryl methyl sites for hydroxylation is 3. The Morgan fingerprint density at radius 1 is 1.23 bits per heavy atom.